The molecule has 0 saturated carbocycles. The highest BCUT2D eigenvalue weighted by Gasteiger charge is 2.34. The van der Waals surface area contributed by atoms with Crippen LogP contribution in [0.25, 0.3) is 11.6 Å². The fourth-order valence-electron chi connectivity index (χ4n) is 3.38. The van der Waals surface area contributed by atoms with E-state index in [1.54, 1.807) is 17.0 Å². The lowest BCUT2D eigenvalue weighted by Crippen LogP contribution is -2.41. The van der Waals surface area contributed by atoms with E-state index in [4.69, 9.17) is 10.3 Å². The van der Waals surface area contributed by atoms with Crippen molar-refractivity contribution in [2.24, 2.45) is 0 Å². The van der Waals surface area contributed by atoms with E-state index in [2.05, 4.69) is 10.2 Å². The summed E-state index contributed by atoms with van der Waals surface area (Å²) in [6, 6.07) is 12.6. The van der Waals surface area contributed by atoms with E-state index in [0.717, 1.165) is 17.3 Å². The first-order chi connectivity index (χ1) is 14.4. The Morgan fingerprint density at radius 1 is 1.23 bits per heavy atom. The first kappa shape index (κ1) is 20.5. The number of nitrogens with zero attached hydrogens (tertiary/aromatic N) is 4. The van der Waals surface area contributed by atoms with Gasteiger partial charge in [0.05, 0.1) is 23.5 Å². The Morgan fingerprint density at radius 3 is 2.70 bits per heavy atom. The number of rotatable bonds is 7. The predicted octanol–water partition coefficient (Wildman–Crippen LogP) is 1.56. The molecule has 0 aliphatic carbocycles. The van der Waals surface area contributed by atoms with Gasteiger partial charge in [-0.05, 0) is 24.1 Å². The van der Waals surface area contributed by atoms with Crippen LogP contribution in [0.3, 0.4) is 0 Å². The minimum atomic E-state index is -3.12. The number of hydrogen-bond donors (Lipinski definition) is 1. The average Bonchev–Trinajstić information content (AvgIpc) is 3.45. The molecular weight excluding hydrogens is 426 g/mol. The quantitative estimate of drug-likeness (QED) is 0.427. The molecule has 30 heavy (non-hydrogen) atoms. The second kappa shape index (κ2) is 8.52. The van der Waals surface area contributed by atoms with E-state index in [1.807, 2.05) is 30.3 Å². The van der Waals surface area contributed by atoms with Crippen LogP contribution >= 0.6 is 11.8 Å². The van der Waals surface area contributed by atoms with Crippen molar-refractivity contribution in [2.45, 2.75) is 24.2 Å². The number of carbonyl (C=O) groups is 1. The molecule has 2 aromatic heterocycles. The lowest BCUT2D eigenvalue weighted by molar-refractivity contribution is -0.130. The Bertz CT molecular complexity index is 1110. The van der Waals surface area contributed by atoms with Gasteiger partial charge in [-0.2, -0.15) is 0 Å². The molecule has 1 aliphatic heterocycles. The van der Waals surface area contributed by atoms with Gasteiger partial charge in [0.1, 0.15) is 0 Å². The minimum absolute atomic E-state index is 0.00798. The lowest BCUT2D eigenvalue weighted by Gasteiger charge is -2.28. The Hall–Kier alpha value is -2.79. The van der Waals surface area contributed by atoms with Crippen molar-refractivity contribution >= 4 is 27.5 Å². The largest absolute Gasteiger partial charge is 0.461 e. The minimum Gasteiger partial charge on any atom is -0.461 e. The van der Waals surface area contributed by atoms with Gasteiger partial charge < -0.3 is 15.2 Å². The van der Waals surface area contributed by atoms with Gasteiger partial charge in [-0.1, -0.05) is 42.1 Å². The van der Waals surface area contributed by atoms with E-state index in [9.17, 15) is 13.2 Å². The highest BCUT2D eigenvalue weighted by molar-refractivity contribution is 7.99. The number of amides is 1. The van der Waals surface area contributed by atoms with Crippen molar-refractivity contribution in [1.82, 2.24) is 19.8 Å². The topological polar surface area (TPSA) is 124 Å². The van der Waals surface area contributed by atoms with Crippen molar-refractivity contribution in [3.8, 4) is 11.6 Å². The van der Waals surface area contributed by atoms with E-state index in [0.29, 0.717) is 29.7 Å². The number of thioether (sulfide) groups is 1. The standard InChI is InChI=1S/C19H21N5O4S2/c20-24-18(16-7-4-9-28-16)21-22-19(24)29-12-17(25)23(11-14-5-2-1-3-6-14)15-8-10-30(26,27)13-15/h1-7,9,15H,8,10-13,20H2/t15-/m1/s1. The third-order valence-corrected chi connectivity index (χ3v) is 7.57. The zero-order chi connectivity index (χ0) is 21.1. The molecule has 9 nitrogen and oxygen atoms in total. The van der Waals surface area contributed by atoms with E-state index in [-0.39, 0.29) is 29.2 Å². The summed E-state index contributed by atoms with van der Waals surface area (Å²) in [5.41, 5.74) is 0.947. The molecule has 1 fully saturated rings. The van der Waals surface area contributed by atoms with Crippen LogP contribution in [0.2, 0.25) is 0 Å². The fraction of sp³-hybridized carbons (Fsp3) is 0.316. The predicted molar refractivity (Wildman–Crippen MR) is 113 cm³/mol. The van der Waals surface area contributed by atoms with Crippen molar-refractivity contribution in [3.63, 3.8) is 0 Å². The summed E-state index contributed by atoms with van der Waals surface area (Å²) in [7, 11) is -3.12. The summed E-state index contributed by atoms with van der Waals surface area (Å²) < 4.78 is 30.5. The number of nitrogens with two attached hydrogens (primary N) is 1. The van der Waals surface area contributed by atoms with E-state index >= 15 is 0 Å². The maximum absolute atomic E-state index is 13.1. The van der Waals surface area contributed by atoms with E-state index in [1.165, 1.54) is 10.9 Å². The summed E-state index contributed by atoms with van der Waals surface area (Å²) in [5, 5.41) is 8.42. The number of hydrogen-bond acceptors (Lipinski definition) is 8. The highest BCUT2D eigenvalue weighted by Crippen LogP contribution is 2.25. The van der Waals surface area contributed by atoms with Gasteiger partial charge in [-0.15, -0.1) is 10.2 Å². The molecule has 3 aromatic rings. The number of sulfone groups is 1. The van der Waals surface area contributed by atoms with Crippen molar-refractivity contribution in [2.75, 3.05) is 23.1 Å². The summed E-state index contributed by atoms with van der Waals surface area (Å²) in [6.45, 7) is 0.355. The Balaban J connectivity index is 1.48. The molecular formula is C19H21N5O4S2. The van der Waals surface area contributed by atoms with Crippen LogP contribution in [0.5, 0.6) is 0 Å². The van der Waals surface area contributed by atoms with Crippen molar-refractivity contribution in [1.29, 1.82) is 0 Å². The van der Waals surface area contributed by atoms with Gasteiger partial charge in [0.15, 0.2) is 15.6 Å². The molecule has 4 rings (SSSR count). The van der Waals surface area contributed by atoms with Gasteiger partial charge in [0, 0.05) is 12.6 Å². The molecule has 158 valence electrons. The Morgan fingerprint density at radius 2 is 2.03 bits per heavy atom. The molecule has 1 atom stereocenters. The van der Waals surface area contributed by atoms with Gasteiger partial charge in [-0.3, -0.25) is 4.79 Å². The monoisotopic (exact) mass is 447 g/mol. The van der Waals surface area contributed by atoms with Gasteiger partial charge >= 0.3 is 0 Å². The van der Waals surface area contributed by atoms with Crippen LogP contribution in [0.15, 0.2) is 58.3 Å². The third-order valence-electron chi connectivity index (χ3n) is 4.90. The summed E-state index contributed by atoms with van der Waals surface area (Å²) in [5.74, 6) is 6.87. The zero-order valence-electron chi connectivity index (χ0n) is 16.0. The molecule has 1 saturated heterocycles. The molecule has 0 spiro atoms. The molecule has 1 amide bonds. The first-order valence-electron chi connectivity index (χ1n) is 9.34. The van der Waals surface area contributed by atoms with Crippen molar-refractivity contribution < 1.29 is 17.6 Å². The number of nitrogen functional groups attached to an aromatic ring is 1. The molecule has 1 aliphatic rings. The summed E-state index contributed by atoms with van der Waals surface area (Å²) in [4.78, 5) is 14.7. The van der Waals surface area contributed by atoms with Crippen LogP contribution in [0.1, 0.15) is 12.0 Å². The maximum atomic E-state index is 13.1. The highest BCUT2D eigenvalue weighted by atomic mass is 32.2. The van der Waals surface area contributed by atoms with Crippen LogP contribution in [0, 0.1) is 0 Å². The molecule has 0 unspecified atom stereocenters. The van der Waals surface area contributed by atoms with Crippen LogP contribution in [0.4, 0.5) is 0 Å². The normalized spacial score (nSPS) is 17.8. The number of carbonyl (C=O) groups excluding carboxylic acids is 1. The smallest absolute Gasteiger partial charge is 0.233 e. The number of furan rings is 1. The third kappa shape index (κ3) is 4.51. The molecule has 11 heteroatoms. The fourth-order valence-corrected chi connectivity index (χ4v) is 5.85. The SMILES string of the molecule is Nn1c(SCC(=O)N(Cc2ccccc2)[C@@H]2CCS(=O)(=O)C2)nnc1-c1ccco1. The average molecular weight is 448 g/mol. The van der Waals surface area contributed by atoms with Gasteiger partial charge in [-0.25, -0.2) is 13.1 Å². The molecule has 0 bridgehead atoms. The summed E-state index contributed by atoms with van der Waals surface area (Å²) >= 11 is 1.15. The molecule has 0 radical (unpaired) electrons. The first-order valence-corrected chi connectivity index (χ1v) is 12.1. The second-order valence-electron chi connectivity index (χ2n) is 7.01. The molecule has 1 aromatic carbocycles. The van der Waals surface area contributed by atoms with Crippen LogP contribution in [-0.2, 0) is 21.2 Å². The van der Waals surface area contributed by atoms with Crippen LogP contribution in [-0.4, -0.2) is 57.4 Å². The maximum Gasteiger partial charge on any atom is 0.233 e. The summed E-state index contributed by atoms with van der Waals surface area (Å²) in [6.07, 6.45) is 1.96. The van der Waals surface area contributed by atoms with E-state index < -0.39 is 9.84 Å². The molecule has 3 heterocycles. The zero-order valence-corrected chi connectivity index (χ0v) is 17.7. The Labute approximate surface area is 178 Å². The lowest BCUT2D eigenvalue weighted by atomic mass is 10.1. The Kier molecular flexibility index (Phi) is 5.82. The van der Waals surface area contributed by atoms with Crippen LogP contribution < -0.4 is 5.84 Å². The van der Waals surface area contributed by atoms with Gasteiger partial charge in [0.25, 0.3) is 0 Å². The second-order valence-corrected chi connectivity index (χ2v) is 10.2. The number of benzene rings is 1. The molecule has 2 N–H and O–H groups in total. The van der Waals surface area contributed by atoms with Crippen molar-refractivity contribution in [3.05, 3.63) is 54.3 Å². The number of aromatic nitrogens is 3. The van der Waals surface area contributed by atoms with Gasteiger partial charge in [0.2, 0.25) is 16.9 Å².